The predicted molar refractivity (Wildman–Crippen MR) is 113 cm³/mol. The van der Waals surface area contributed by atoms with E-state index in [2.05, 4.69) is 5.32 Å². The number of carbonyl (C=O) groups excluding carboxylic acids is 1. The smallest absolute Gasteiger partial charge is 0.227 e. The van der Waals surface area contributed by atoms with Crippen LogP contribution in [0.2, 0.25) is 15.1 Å². The topological polar surface area (TPSA) is 66.5 Å². The second-order valence-electron chi connectivity index (χ2n) is 6.67. The number of hydrogen-bond donors (Lipinski definition) is 1. The van der Waals surface area contributed by atoms with E-state index in [1.165, 1.54) is 4.31 Å². The number of anilines is 1. The van der Waals surface area contributed by atoms with Crippen LogP contribution in [0.15, 0.2) is 42.5 Å². The largest absolute Gasteiger partial charge is 0.324 e. The fourth-order valence-electron chi connectivity index (χ4n) is 3.15. The SMILES string of the molecule is O=C(Nc1cc(Cl)ccc1Cl)C1CCN(S(=O)(=O)Cc2cccc(Cl)c2)CC1. The lowest BCUT2D eigenvalue weighted by Crippen LogP contribution is -2.41. The molecule has 150 valence electrons. The van der Waals surface area contributed by atoms with Gasteiger partial charge in [-0.2, -0.15) is 0 Å². The third-order valence-electron chi connectivity index (χ3n) is 4.64. The number of halogens is 3. The van der Waals surface area contributed by atoms with Crippen molar-refractivity contribution in [2.24, 2.45) is 5.92 Å². The summed E-state index contributed by atoms with van der Waals surface area (Å²) in [5.74, 6) is -0.577. The molecule has 0 aromatic heterocycles. The summed E-state index contributed by atoms with van der Waals surface area (Å²) in [7, 11) is -3.47. The number of piperidine rings is 1. The first-order valence-corrected chi connectivity index (χ1v) is 11.5. The van der Waals surface area contributed by atoms with Crippen molar-refractivity contribution >= 4 is 56.4 Å². The summed E-state index contributed by atoms with van der Waals surface area (Å²) in [5.41, 5.74) is 1.10. The molecule has 0 radical (unpaired) electrons. The number of nitrogens with zero attached hydrogens (tertiary/aromatic N) is 1. The van der Waals surface area contributed by atoms with Gasteiger partial charge in [-0.15, -0.1) is 0 Å². The van der Waals surface area contributed by atoms with E-state index in [1.807, 2.05) is 0 Å². The summed E-state index contributed by atoms with van der Waals surface area (Å²) in [5, 5.41) is 4.16. The Bertz CT molecular complexity index is 974. The van der Waals surface area contributed by atoms with Crippen LogP contribution in [-0.4, -0.2) is 31.7 Å². The van der Waals surface area contributed by atoms with Crippen molar-refractivity contribution in [3.8, 4) is 0 Å². The molecule has 3 rings (SSSR count). The predicted octanol–water partition coefficient (Wildman–Crippen LogP) is 4.83. The van der Waals surface area contributed by atoms with Crippen molar-refractivity contribution in [3.63, 3.8) is 0 Å². The number of amides is 1. The average Bonchev–Trinajstić information content (AvgIpc) is 2.64. The van der Waals surface area contributed by atoms with E-state index in [4.69, 9.17) is 34.8 Å². The zero-order valence-electron chi connectivity index (χ0n) is 14.9. The van der Waals surface area contributed by atoms with E-state index in [0.29, 0.717) is 52.2 Å². The third-order valence-corrected chi connectivity index (χ3v) is 7.29. The molecular weight excluding hydrogens is 443 g/mol. The zero-order valence-corrected chi connectivity index (χ0v) is 18.0. The number of sulfonamides is 1. The van der Waals surface area contributed by atoms with Gasteiger partial charge < -0.3 is 5.32 Å². The summed E-state index contributed by atoms with van der Waals surface area (Å²) in [6, 6.07) is 11.7. The molecule has 0 atom stereocenters. The molecule has 1 fully saturated rings. The van der Waals surface area contributed by atoms with Crippen molar-refractivity contribution in [1.29, 1.82) is 0 Å². The second kappa shape index (κ2) is 9.01. The van der Waals surface area contributed by atoms with Gasteiger partial charge in [-0.1, -0.05) is 46.9 Å². The molecule has 1 N–H and O–H groups in total. The minimum absolute atomic E-state index is 0.109. The molecular formula is C19H19Cl3N2O3S. The van der Waals surface area contributed by atoms with Gasteiger partial charge in [-0.3, -0.25) is 4.79 Å². The molecule has 0 spiro atoms. The molecule has 2 aromatic rings. The monoisotopic (exact) mass is 460 g/mol. The third kappa shape index (κ3) is 5.39. The highest BCUT2D eigenvalue weighted by Crippen LogP contribution is 2.28. The highest BCUT2D eigenvalue weighted by molar-refractivity contribution is 7.88. The summed E-state index contributed by atoms with van der Waals surface area (Å²) < 4.78 is 26.8. The van der Waals surface area contributed by atoms with Crippen LogP contribution in [-0.2, 0) is 20.6 Å². The van der Waals surface area contributed by atoms with Crippen LogP contribution in [0.4, 0.5) is 5.69 Å². The molecule has 0 bridgehead atoms. The van der Waals surface area contributed by atoms with Crippen molar-refractivity contribution in [1.82, 2.24) is 4.31 Å². The van der Waals surface area contributed by atoms with Crippen LogP contribution in [0.1, 0.15) is 18.4 Å². The maximum Gasteiger partial charge on any atom is 0.227 e. The van der Waals surface area contributed by atoms with Gasteiger partial charge in [0.15, 0.2) is 0 Å². The number of carbonyl (C=O) groups is 1. The standard InChI is InChI=1S/C19H19Cl3N2O3S/c20-15-3-1-2-13(10-15)12-28(26,27)24-8-6-14(7-9-24)19(25)23-18-11-16(21)4-5-17(18)22/h1-5,10-11,14H,6-9,12H2,(H,23,25). The van der Waals surface area contributed by atoms with E-state index in [9.17, 15) is 13.2 Å². The number of nitrogens with one attached hydrogen (secondary N) is 1. The van der Waals surface area contributed by atoms with Crippen molar-refractivity contribution < 1.29 is 13.2 Å². The Kier molecular flexibility index (Phi) is 6.89. The van der Waals surface area contributed by atoms with Crippen LogP contribution >= 0.6 is 34.8 Å². The molecule has 1 aliphatic heterocycles. The van der Waals surface area contributed by atoms with Gasteiger partial charge in [-0.05, 0) is 48.7 Å². The summed E-state index contributed by atoms with van der Waals surface area (Å²) in [6.07, 6.45) is 0.886. The van der Waals surface area contributed by atoms with E-state index >= 15 is 0 Å². The Morgan fingerprint density at radius 1 is 1.04 bits per heavy atom. The molecule has 0 unspecified atom stereocenters. The molecule has 9 heteroatoms. The lowest BCUT2D eigenvalue weighted by atomic mass is 9.97. The molecule has 1 heterocycles. The highest BCUT2D eigenvalue weighted by Gasteiger charge is 2.31. The van der Waals surface area contributed by atoms with Gasteiger partial charge in [0, 0.05) is 29.1 Å². The van der Waals surface area contributed by atoms with Crippen LogP contribution in [0, 0.1) is 5.92 Å². The molecule has 1 aliphatic rings. The Hall–Kier alpha value is -1.31. The lowest BCUT2D eigenvalue weighted by molar-refractivity contribution is -0.120. The van der Waals surface area contributed by atoms with Gasteiger partial charge in [0.2, 0.25) is 15.9 Å². The highest BCUT2D eigenvalue weighted by atomic mass is 35.5. The van der Waals surface area contributed by atoms with Crippen molar-refractivity contribution in [2.45, 2.75) is 18.6 Å². The maximum absolute atomic E-state index is 12.7. The minimum atomic E-state index is -3.47. The zero-order chi connectivity index (χ0) is 20.3. The fraction of sp³-hybridized carbons (Fsp3) is 0.316. The van der Waals surface area contributed by atoms with E-state index in [1.54, 1.807) is 42.5 Å². The quantitative estimate of drug-likeness (QED) is 0.693. The molecule has 1 saturated heterocycles. The lowest BCUT2D eigenvalue weighted by Gasteiger charge is -2.30. The van der Waals surface area contributed by atoms with E-state index < -0.39 is 10.0 Å². The first kappa shape index (κ1) is 21.4. The first-order chi connectivity index (χ1) is 13.2. The van der Waals surface area contributed by atoms with Gasteiger partial charge in [0.25, 0.3) is 0 Å². The summed E-state index contributed by atoms with van der Waals surface area (Å²) in [4.78, 5) is 12.5. The molecule has 2 aromatic carbocycles. The Labute approximate surface area is 179 Å². The molecule has 1 amide bonds. The molecule has 5 nitrogen and oxygen atoms in total. The number of rotatable bonds is 5. The Balaban J connectivity index is 1.59. The van der Waals surface area contributed by atoms with Gasteiger partial charge in [0.1, 0.15) is 0 Å². The van der Waals surface area contributed by atoms with Gasteiger partial charge >= 0.3 is 0 Å². The molecule has 0 aliphatic carbocycles. The second-order valence-corrected chi connectivity index (χ2v) is 9.92. The van der Waals surface area contributed by atoms with Crippen molar-refractivity contribution in [3.05, 3.63) is 63.1 Å². The Morgan fingerprint density at radius 2 is 1.71 bits per heavy atom. The molecule has 0 saturated carbocycles. The average molecular weight is 462 g/mol. The van der Waals surface area contributed by atoms with Crippen LogP contribution in [0.5, 0.6) is 0 Å². The number of hydrogen-bond acceptors (Lipinski definition) is 3. The first-order valence-electron chi connectivity index (χ1n) is 8.73. The molecule has 28 heavy (non-hydrogen) atoms. The van der Waals surface area contributed by atoms with Gasteiger partial charge in [-0.25, -0.2) is 12.7 Å². The van der Waals surface area contributed by atoms with Crippen molar-refractivity contribution in [2.75, 3.05) is 18.4 Å². The minimum Gasteiger partial charge on any atom is -0.324 e. The van der Waals surface area contributed by atoms with E-state index in [0.717, 1.165) is 0 Å². The van der Waals surface area contributed by atoms with Crippen LogP contribution in [0.25, 0.3) is 0 Å². The normalized spacial score (nSPS) is 16.1. The van der Waals surface area contributed by atoms with Crippen LogP contribution in [0.3, 0.4) is 0 Å². The maximum atomic E-state index is 12.7. The summed E-state index contributed by atoms with van der Waals surface area (Å²) in [6.45, 7) is 0.592. The van der Waals surface area contributed by atoms with Crippen LogP contribution < -0.4 is 5.32 Å². The number of benzene rings is 2. The van der Waals surface area contributed by atoms with Gasteiger partial charge in [0.05, 0.1) is 16.5 Å². The fourth-order valence-corrected chi connectivity index (χ4v) is 5.25. The Morgan fingerprint density at radius 3 is 2.39 bits per heavy atom. The van der Waals surface area contributed by atoms with E-state index in [-0.39, 0.29) is 17.6 Å². The summed E-state index contributed by atoms with van der Waals surface area (Å²) >= 11 is 18.0.